The summed E-state index contributed by atoms with van der Waals surface area (Å²) < 4.78 is 19.3. The molecule has 1 unspecified atom stereocenters. The maximum Gasteiger partial charge on any atom is 0.414 e. The van der Waals surface area contributed by atoms with E-state index in [-0.39, 0.29) is 24.8 Å². The van der Waals surface area contributed by atoms with Crippen LogP contribution in [-0.2, 0) is 9.53 Å². The topological polar surface area (TPSA) is 58.6 Å². The van der Waals surface area contributed by atoms with Crippen LogP contribution >= 0.6 is 0 Å². The molecule has 1 heterocycles. The lowest BCUT2D eigenvalue weighted by molar-refractivity contribution is -0.119. The van der Waals surface area contributed by atoms with Crippen molar-refractivity contribution in [1.82, 2.24) is 10.2 Å². The van der Waals surface area contributed by atoms with Crippen LogP contribution in [0.3, 0.4) is 0 Å². The second kappa shape index (κ2) is 9.16. The largest absolute Gasteiger partial charge is 0.442 e. The number of nitrogens with zero attached hydrogens (tertiary/aromatic N) is 1. The van der Waals surface area contributed by atoms with E-state index in [0.29, 0.717) is 11.3 Å². The van der Waals surface area contributed by atoms with Gasteiger partial charge in [-0.3, -0.25) is 9.69 Å². The lowest BCUT2D eigenvalue weighted by Gasteiger charge is -2.13. The standard InChI is InChI=1S/C21H25FN2O3/c1-14-6-5-7-18(10-8-14)20(16(3)22)11-9-15(2)24-13-19(27-21(24)26)12-23-17(4)25/h5,7-11,19H,2,6,12-13H2,1,3-4H3,(H,23,25)/b11-9-,20-16-. The third-order valence-electron chi connectivity index (χ3n) is 4.21. The number of amides is 2. The summed E-state index contributed by atoms with van der Waals surface area (Å²) in [5.74, 6) is -0.513. The van der Waals surface area contributed by atoms with Gasteiger partial charge >= 0.3 is 6.09 Å². The van der Waals surface area contributed by atoms with Gasteiger partial charge in [-0.15, -0.1) is 0 Å². The lowest BCUT2D eigenvalue weighted by atomic mass is 10.0. The number of carbonyl (C=O) groups is 2. The first-order valence-electron chi connectivity index (χ1n) is 8.78. The Hall–Kier alpha value is -2.89. The van der Waals surface area contributed by atoms with Crippen molar-refractivity contribution in [2.75, 3.05) is 13.1 Å². The van der Waals surface area contributed by atoms with Crippen LogP contribution < -0.4 is 5.32 Å². The predicted molar refractivity (Wildman–Crippen MR) is 103 cm³/mol. The van der Waals surface area contributed by atoms with Gasteiger partial charge in [0.2, 0.25) is 5.91 Å². The summed E-state index contributed by atoms with van der Waals surface area (Å²) in [6, 6.07) is 0. The SMILES string of the molecule is C=C(/C=C\C(C1=CC=C(C)CC=C1)=C(/C)F)N1CC(CNC(C)=O)OC1=O. The molecule has 1 aliphatic carbocycles. The molecule has 0 aromatic rings. The molecular weight excluding hydrogens is 347 g/mol. The summed E-state index contributed by atoms with van der Waals surface area (Å²) in [6.07, 6.45) is 10.8. The van der Waals surface area contributed by atoms with Crippen LogP contribution in [0.25, 0.3) is 0 Å². The normalized spacial score (nSPS) is 20.7. The summed E-state index contributed by atoms with van der Waals surface area (Å²) in [4.78, 5) is 24.4. The minimum Gasteiger partial charge on any atom is -0.442 e. The third kappa shape index (κ3) is 5.81. The number of carbonyl (C=O) groups excluding carboxylic acids is 2. The van der Waals surface area contributed by atoms with Crippen LogP contribution in [0.5, 0.6) is 0 Å². The van der Waals surface area contributed by atoms with Crippen molar-refractivity contribution in [2.24, 2.45) is 0 Å². The minimum absolute atomic E-state index is 0.189. The van der Waals surface area contributed by atoms with E-state index in [1.54, 1.807) is 12.2 Å². The Kier molecular flexibility index (Phi) is 6.93. The molecular formula is C21H25FN2O3. The molecule has 0 spiro atoms. The fraction of sp³-hybridized carbons (Fsp3) is 0.333. The fourth-order valence-electron chi connectivity index (χ4n) is 2.71. The van der Waals surface area contributed by atoms with Crippen LogP contribution in [0.15, 0.2) is 71.3 Å². The molecule has 2 aliphatic rings. The summed E-state index contributed by atoms with van der Waals surface area (Å²) in [5.41, 5.74) is 2.77. The molecule has 1 fully saturated rings. The third-order valence-corrected chi connectivity index (χ3v) is 4.21. The molecule has 5 nitrogen and oxygen atoms in total. The molecule has 2 rings (SSSR count). The number of cyclic esters (lactones) is 1. The Morgan fingerprint density at radius 3 is 2.81 bits per heavy atom. The first kappa shape index (κ1) is 20.4. The van der Waals surface area contributed by atoms with Gasteiger partial charge in [-0.05, 0) is 38.0 Å². The second-order valence-electron chi connectivity index (χ2n) is 6.57. The summed E-state index contributed by atoms with van der Waals surface area (Å²) in [6.45, 7) is 9.21. The van der Waals surface area contributed by atoms with Gasteiger partial charge in [0.25, 0.3) is 0 Å². The Bertz CT molecular complexity index is 783. The predicted octanol–water partition coefficient (Wildman–Crippen LogP) is 4.09. The zero-order valence-electron chi connectivity index (χ0n) is 15.9. The molecule has 1 saturated heterocycles. The monoisotopic (exact) mass is 372 g/mol. The van der Waals surface area contributed by atoms with E-state index in [1.165, 1.54) is 24.3 Å². The van der Waals surface area contributed by atoms with Crippen molar-refractivity contribution in [3.63, 3.8) is 0 Å². The fourth-order valence-corrected chi connectivity index (χ4v) is 2.71. The number of nitrogens with one attached hydrogen (secondary N) is 1. The van der Waals surface area contributed by atoms with E-state index in [2.05, 4.69) is 11.9 Å². The smallest absolute Gasteiger partial charge is 0.414 e. The summed E-state index contributed by atoms with van der Waals surface area (Å²) >= 11 is 0. The van der Waals surface area contributed by atoms with Crippen LogP contribution in [0.2, 0.25) is 0 Å². The van der Waals surface area contributed by atoms with E-state index >= 15 is 0 Å². The first-order valence-corrected chi connectivity index (χ1v) is 8.78. The van der Waals surface area contributed by atoms with E-state index in [9.17, 15) is 14.0 Å². The highest BCUT2D eigenvalue weighted by Crippen LogP contribution is 2.24. The molecule has 0 bridgehead atoms. The zero-order chi connectivity index (χ0) is 20.0. The first-order chi connectivity index (χ1) is 12.8. The van der Waals surface area contributed by atoms with Gasteiger partial charge in [0.15, 0.2) is 0 Å². The van der Waals surface area contributed by atoms with Crippen molar-refractivity contribution in [2.45, 2.75) is 33.3 Å². The van der Waals surface area contributed by atoms with Gasteiger partial charge in [-0.1, -0.05) is 36.5 Å². The number of halogens is 1. The highest BCUT2D eigenvalue weighted by molar-refractivity contribution is 5.74. The van der Waals surface area contributed by atoms with Crippen LogP contribution in [0, 0.1) is 0 Å². The number of ether oxygens (including phenoxy) is 1. The van der Waals surface area contributed by atoms with E-state index < -0.39 is 12.2 Å². The maximum atomic E-state index is 14.1. The molecule has 6 heteroatoms. The number of hydrogen-bond acceptors (Lipinski definition) is 3. The molecule has 1 aliphatic heterocycles. The van der Waals surface area contributed by atoms with Crippen molar-refractivity contribution in [1.29, 1.82) is 0 Å². The molecule has 1 N–H and O–H groups in total. The van der Waals surface area contributed by atoms with Crippen LogP contribution in [0.1, 0.15) is 27.2 Å². The van der Waals surface area contributed by atoms with Crippen molar-refractivity contribution in [3.8, 4) is 0 Å². The molecule has 144 valence electrons. The highest BCUT2D eigenvalue weighted by atomic mass is 19.1. The molecule has 0 aromatic heterocycles. The van der Waals surface area contributed by atoms with E-state index in [1.807, 2.05) is 31.2 Å². The average molecular weight is 372 g/mol. The average Bonchev–Trinajstić information content (AvgIpc) is 2.84. The maximum absolute atomic E-state index is 14.1. The summed E-state index contributed by atoms with van der Waals surface area (Å²) in [5, 5.41) is 2.62. The molecule has 27 heavy (non-hydrogen) atoms. The number of hydrogen-bond donors (Lipinski definition) is 1. The van der Waals surface area contributed by atoms with Gasteiger partial charge in [0, 0.05) is 18.2 Å². The van der Waals surface area contributed by atoms with Gasteiger partial charge in [0.05, 0.1) is 13.1 Å². The summed E-state index contributed by atoms with van der Waals surface area (Å²) in [7, 11) is 0. The Morgan fingerprint density at radius 2 is 2.15 bits per heavy atom. The number of allylic oxidation sites excluding steroid dienone is 10. The van der Waals surface area contributed by atoms with Crippen molar-refractivity contribution in [3.05, 3.63) is 71.3 Å². The van der Waals surface area contributed by atoms with E-state index in [4.69, 9.17) is 4.74 Å². The zero-order valence-corrected chi connectivity index (χ0v) is 15.9. The second-order valence-corrected chi connectivity index (χ2v) is 6.57. The number of rotatable bonds is 6. The van der Waals surface area contributed by atoms with Gasteiger partial charge in [-0.25, -0.2) is 9.18 Å². The van der Waals surface area contributed by atoms with E-state index in [0.717, 1.165) is 12.0 Å². The van der Waals surface area contributed by atoms with Gasteiger partial charge in [0.1, 0.15) is 11.9 Å². The molecule has 0 aromatic carbocycles. The Morgan fingerprint density at radius 1 is 1.41 bits per heavy atom. The quantitative estimate of drug-likeness (QED) is 0.715. The van der Waals surface area contributed by atoms with Crippen LogP contribution in [-0.4, -0.2) is 36.1 Å². The van der Waals surface area contributed by atoms with Crippen molar-refractivity contribution >= 4 is 12.0 Å². The van der Waals surface area contributed by atoms with Crippen LogP contribution in [0.4, 0.5) is 9.18 Å². The van der Waals surface area contributed by atoms with Crippen molar-refractivity contribution < 1.29 is 18.7 Å². The lowest BCUT2D eigenvalue weighted by Crippen LogP contribution is -2.32. The van der Waals surface area contributed by atoms with Gasteiger partial charge < -0.3 is 10.1 Å². The Balaban J connectivity index is 2.09. The molecule has 2 amide bonds. The Labute approximate surface area is 159 Å². The van der Waals surface area contributed by atoms with Gasteiger partial charge in [-0.2, -0.15) is 0 Å². The molecule has 1 atom stereocenters. The molecule has 0 radical (unpaired) electrons. The minimum atomic E-state index is -0.533. The molecule has 0 saturated carbocycles. The highest BCUT2D eigenvalue weighted by Gasteiger charge is 2.32.